The molecule has 7 nitrogen and oxygen atoms in total. The maximum absolute atomic E-state index is 12.6. The summed E-state index contributed by atoms with van der Waals surface area (Å²) in [4.78, 5) is 17.3. The first-order valence-corrected chi connectivity index (χ1v) is 12.7. The standard InChI is InChI=1S/C25H23N5O2S2/c1-4-30-23(19-11-12-32-16(19)3)28-29-25(30)33-14-22(31)26-18-8-6-17(7-9-18)24-27-20-10-5-15(2)13-21(20)34-24/h5-13H,4,14H2,1-3H3,(H,26,31). The Kier molecular flexibility index (Phi) is 6.21. The normalized spacial score (nSPS) is 11.3. The number of furan rings is 1. The van der Waals surface area contributed by atoms with Gasteiger partial charge in [-0.3, -0.25) is 4.79 Å². The van der Waals surface area contributed by atoms with Gasteiger partial charge in [-0.15, -0.1) is 21.5 Å². The van der Waals surface area contributed by atoms with Gasteiger partial charge in [0.25, 0.3) is 0 Å². The molecule has 5 aromatic rings. The highest BCUT2D eigenvalue weighted by Crippen LogP contribution is 2.31. The molecule has 0 radical (unpaired) electrons. The smallest absolute Gasteiger partial charge is 0.234 e. The van der Waals surface area contributed by atoms with E-state index >= 15 is 0 Å². The molecule has 3 heterocycles. The molecule has 172 valence electrons. The van der Waals surface area contributed by atoms with Crippen LogP contribution in [0.15, 0.2) is 64.4 Å². The van der Waals surface area contributed by atoms with Gasteiger partial charge in [-0.1, -0.05) is 17.8 Å². The number of amides is 1. The fourth-order valence-corrected chi connectivity index (χ4v) is 5.55. The Bertz CT molecular complexity index is 1470. The minimum Gasteiger partial charge on any atom is -0.469 e. The van der Waals surface area contributed by atoms with Gasteiger partial charge >= 0.3 is 0 Å². The zero-order chi connectivity index (χ0) is 23.7. The third-order valence-corrected chi connectivity index (χ3v) is 7.46. The number of thioether (sulfide) groups is 1. The topological polar surface area (TPSA) is 85.8 Å². The van der Waals surface area contributed by atoms with Crippen LogP contribution in [0.3, 0.4) is 0 Å². The molecule has 0 atom stereocenters. The van der Waals surface area contributed by atoms with E-state index in [4.69, 9.17) is 9.40 Å². The molecule has 0 spiro atoms. The lowest BCUT2D eigenvalue weighted by Gasteiger charge is -2.08. The fourth-order valence-electron chi connectivity index (χ4n) is 3.68. The van der Waals surface area contributed by atoms with Gasteiger partial charge in [0.1, 0.15) is 10.8 Å². The second-order valence-corrected chi connectivity index (χ2v) is 9.82. The zero-order valence-corrected chi connectivity index (χ0v) is 20.7. The van der Waals surface area contributed by atoms with Crippen LogP contribution in [0.1, 0.15) is 18.2 Å². The number of carbonyl (C=O) groups is 1. The van der Waals surface area contributed by atoms with Crippen LogP contribution in [0.25, 0.3) is 32.2 Å². The summed E-state index contributed by atoms with van der Waals surface area (Å²) < 4.78 is 8.56. The quantitative estimate of drug-likeness (QED) is 0.275. The minimum absolute atomic E-state index is 0.0973. The van der Waals surface area contributed by atoms with Crippen molar-refractivity contribution in [3.8, 4) is 22.0 Å². The number of anilines is 1. The number of fused-ring (bicyclic) bond motifs is 1. The number of hydrogen-bond donors (Lipinski definition) is 1. The van der Waals surface area contributed by atoms with E-state index in [-0.39, 0.29) is 11.7 Å². The van der Waals surface area contributed by atoms with E-state index < -0.39 is 0 Å². The van der Waals surface area contributed by atoms with Crippen LogP contribution in [0.4, 0.5) is 5.69 Å². The van der Waals surface area contributed by atoms with E-state index in [1.165, 1.54) is 22.0 Å². The Morgan fingerprint density at radius 2 is 1.94 bits per heavy atom. The number of nitrogens with one attached hydrogen (secondary N) is 1. The van der Waals surface area contributed by atoms with E-state index in [0.717, 1.165) is 38.9 Å². The maximum atomic E-state index is 12.6. The lowest BCUT2D eigenvalue weighted by molar-refractivity contribution is -0.113. The van der Waals surface area contributed by atoms with Crippen molar-refractivity contribution in [1.29, 1.82) is 0 Å². The molecule has 0 saturated heterocycles. The minimum atomic E-state index is -0.0973. The molecule has 0 saturated carbocycles. The first kappa shape index (κ1) is 22.4. The molecule has 34 heavy (non-hydrogen) atoms. The SMILES string of the molecule is CCn1c(SCC(=O)Nc2ccc(-c3nc4ccc(C)cc4s3)cc2)nnc1-c1ccoc1C. The molecule has 0 unspecified atom stereocenters. The fraction of sp³-hybridized carbons (Fsp3) is 0.200. The average Bonchev–Trinajstić information content (AvgIpc) is 3.55. The van der Waals surface area contributed by atoms with Gasteiger partial charge in [0.2, 0.25) is 5.91 Å². The molecule has 0 aliphatic heterocycles. The Morgan fingerprint density at radius 3 is 2.68 bits per heavy atom. The first-order chi connectivity index (χ1) is 16.5. The van der Waals surface area contributed by atoms with Crippen molar-refractivity contribution in [1.82, 2.24) is 19.7 Å². The largest absolute Gasteiger partial charge is 0.469 e. The molecular weight excluding hydrogens is 466 g/mol. The van der Waals surface area contributed by atoms with Crippen LogP contribution < -0.4 is 5.32 Å². The van der Waals surface area contributed by atoms with Crippen LogP contribution in [-0.4, -0.2) is 31.4 Å². The third kappa shape index (κ3) is 4.49. The van der Waals surface area contributed by atoms with Gasteiger partial charge in [-0.25, -0.2) is 4.98 Å². The van der Waals surface area contributed by atoms with Crippen molar-refractivity contribution in [2.24, 2.45) is 0 Å². The van der Waals surface area contributed by atoms with Crippen molar-refractivity contribution in [3.63, 3.8) is 0 Å². The monoisotopic (exact) mass is 489 g/mol. The second-order valence-electron chi connectivity index (χ2n) is 7.85. The second kappa shape index (κ2) is 9.44. The maximum Gasteiger partial charge on any atom is 0.234 e. The summed E-state index contributed by atoms with van der Waals surface area (Å²) in [5.41, 5.74) is 4.92. The van der Waals surface area contributed by atoms with Crippen molar-refractivity contribution >= 4 is 44.9 Å². The highest BCUT2D eigenvalue weighted by atomic mass is 32.2. The molecule has 3 aromatic heterocycles. The number of aromatic nitrogens is 4. The van der Waals surface area contributed by atoms with Gasteiger partial charge < -0.3 is 14.3 Å². The zero-order valence-electron chi connectivity index (χ0n) is 19.0. The molecule has 2 aromatic carbocycles. The number of thiazole rings is 1. The van der Waals surface area contributed by atoms with Crippen molar-refractivity contribution in [3.05, 3.63) is 66.1 Å². The van der Waals surface area contributed by atoms with Crippen molar-refractivity contribution in [2.75, 3.05) is 11.1 Å². The van der Waals surface area contributed by atoms with Gasteiger partial charge in [0, 0.05) is 17.8 Å². The molecule has 0 bridgehead atoms. The van der Waals surface area contributed by atoms with Gasteiger partial charge in [-0.2, -0.15) is 0 Å². The summed E-state index contributed by atoms with van der Waals surface area (Å²) >= 11 is 3.04. The van der Waals surface area contributed by atoms with Gasteiger partial charge in [0.15, 0.2) is 11.0 Å². The molecule has 1 amide bonds. The number of aryl methyl sites for hydroxylation is 2. The summed E-state index contributed by atoms with van der Waals surface area (Å²) in [6, 6.07) is 15.9. The van der Waals surface area contributed by atoms with E-state index in [2.05, 4.69) is 40.6 Å². The Balaban J connectivity index is 1.23. The van der Waals surface area contributed by atoms with Crippen LogP contribution in [0, 0.1) is 13.8 Å². The lowest BCUT2D eigenvalue weighted by atomic mass is 10.2. The van der Waals surface area contributed by atoms with Crippen LogP contribution in [0.5, 0.6) is 0 Å². The summed E-state index contributed by atoms with van der Waals surface area (Å²) in [7, 11) is 0. The molecular formula is C25H23N5O2S2. The Labute approximate surface area is 205 Å². The van der Waals surface area contributed by atoms with E-state index in [1.54, 1.807) is 17.6 Å². The third-order valence-electron chi connectivity index (χ3n) is 5.42. The molecule has 0 aliphatic carbocycles. The van der Waals surface area contributed by atoms with Gasteiger partial charge in [-0.05, 0) is 68.8 Å². The predicted octanol–water partition coefficient (Wildman–Crippen LogP) is 6.18. The van der Waals surface area contributed by atoms with Crippen molar-refractivity contribution < 1.29 is 9.21 Å². The van der Waals surface area contributed by atoms with E-state index in [0.29, 0.717) is 11.7 Å². The molecule has 5 rings (SSSR count). The highest BCUT2D eigenvalue weighted by molar-refractivity contribution is 7.99. The molecule has 9 heteroatoms. The summed E-state index contributed by atoms with van der Waals surface area (Å²) in [5, 5.41) is 13.2. The van der Waals surface area contributed by atoms with Crippen LogP contribution >= 0.6 is 23.1 Å². The van der Waals surface area contributed by atoms with E-state index in [9.17, 15) is 4.79 Å². The molecule has 0 aliphatic rings. The predicted molar refractivity (Wildman–Crippen MR) is 137 cm³/mol. The van der Waals surface area contributed by atoms with E-state index in [1.807, 2.05) is 48.7 Å². The molecule has 0 fully saturated rings. The summed E-state index contributed by atoms with van der Waals surface area (Å²) in [5.74, 6) is 1.68. The number of carbonyl (C=O) groups excluding carboxylic acids is 1. The molecule has 1 N–H and O–H groups in total. The van der Waals surface area contributed by atoms with Crippen LogP contribution in [0.2, 0.25) is 0 Å². The Morgan fingerprint density at radius 1 is 1.12 bits per heavy atom. The number of rotatable bonds is 7. The Hall–Kier alpha value is -3.43. The first-order valence-electron chi connectivity index (χ1n) is 10.9. The summed E-state index contributed by atoms with van der Waals surface area (Å²) in [6.45, 7) is 6.71. The number of benzene rings is 2. The van der Waals surface area contributed by atoms with Crippen molar-refractivity contribution in [2.45, 2.75) is 32.5 Å². The highest BCUT2D eigenvalue weighted by Gasteiger charge is 2.17. The summed E-state index contributed by atoms with van der Waals surface area (Å²) in [6.07, 6.45) is 1.64. The average molecular weight is 490 g/mol. The number of nitrogens with zero attached hydrogens (tertiary/aromatic N) is 4. The number of hydrogen-bond acceptors (Lipinski definition) is 7. The van der Waals surface area contributed by atoms with Crippen LogP contribution in [-0.2, 0) is 11.3 Å². The van der Waals surface area contributed by atoms with Gasteiger partial charge in [0.05, 0.1) is 27.8 Å². The lowest BCUT2D eigenvalue weighted by Crippen LogP contribution is -2.14.